The van der Waals surface area contributed by atoms with Gasteiger partial charge in [-0.1, -0.05) is 108 Å². The van der Waals surface area contributed by atoms with Gasteiger partial charge in [-0.15, -0.1) is 11.3 Å². The molecule has 0 aliphatic heterocycles. The Morgan fingerprint density at radius 3 is 2.02 bits per heavy atom. The zero-order valence-corrected chi connectivity index (χ0v) is 27.2. The zero-order chi connectivity index (χ0) is 31.3. The van der Waals surface area contributed by atoms with E-state index in [0.717, 1.165) is 10.6 Å². The largest absolute Gasteiger partial charge is 0.309 e. The highest BCUT2D eigenvalue weighted by atomic mass is 32.1. The van der Waals surface area contributed by atoms with Crippen LogP contribution in [0.2, 0.25) is 0 Å². The smallest absolute Gasteiger partial charge is 0.195 e. The van der Waals surface area contributed by atoms with Crippen LogP contribution in [0.25, 0.3) is 95.9 Å². The van der Waals surface area contributed by atoms with Gasteiger partial charge in [-0.25, -0.2) is 4.98 Å². The van der Waals surface area contributed by atoms with Crippen LogP contribution < -0.4 is 0 Å². The van der Waals surface area contributed by atoms with Crippen molar-refractivity contribution in [3.8, 4) is 21.9 Å². The molecule has 0 fully saturated rings. The quantitative estimate of drug-likeness (QED) is 0.187. The maximum atomic E-state index is 5.29. The molecule has 7 aromatic carbocycles. The molecule has 0 saturated heterocycles. The van der Waals surface area contributed by atoms with E-state index >= 15 is 0 Å². The van der Waals surface area contributed by atoms with Crippen LogP contribution in [0, 0.1) is 0 Å². The van der Waals surface area contributed by atoms with E-state index in [1.807, 2.05) is 11.3 Å². The highest BCUT2D eigenvalue weighted by Crippen LogP contribution is 2.44. The van der Waals surface area contributed by atoms with Crippen LogP contribution in [0.5, 0.6) is 0 Å². The topological polar surface area (TPSA) is 22.8 Å². The molecule has 3 nitrogen and oxygen atoms in total. The monoisotopic (exact) mass is 647 g/mol. The maximum absolute atomic E-state index is 5.29. The minimum absolute atomic E-state index is 0.996. The summed E-state index contributed by atoms with van der Waals surface area (Å²) in [5.41, 5.74) is 9.40. The number of hydrogen-bond donors (Lipinski definition) is 0. The third kappa shape index (κ3) is 3.60. The van der Waals surface area contributed by atoms with Gasteiger partial charge in [0, 0.05) is 47.4 Å². The predicted molar refractivity (Wildman–Crippen MR) is 207 cm³/mol. The number of para-hydroxylation sites is 3. The molecule has 0 radical (unpaired) electrons. The van der Waals surface area contributed by atoms with Crippen molar-refractivity contribution in [3.63, 3.8) is 0 Å². The summed E-state index contributed by atoms with van der Waals surface area (Å²) in [5, 5.41) is 8.63. The minimum atomic E-state index is 0.996. The van der Waals surface area contributed by atoms with Crippen molar-refractivity contribution in [1.29, 1.82) is 0 Å². The molecule has 0 aliphatic rings. The molecule has 4 aromatic heterocycles. The van der Waals surface area contributed by atoms with Gasteiger partial charge in [0.15, 0.2) is 5.13 Å². The Kier molecular flexibility index (Phi) is 5.42. The zero-order valence-electron chi connectivity index (χ0n) is 25.6. The van der Waals surface area contributed by atoms with E-state index in [0.29, 0.717) is 0 Å². The van der Waals surface area contributed by atoms with E-state index in [1.54, 1.807) is 11.3 Å². The van der Waals surface area contributed by atoms with E-state index < -0.39 is 0 Å². The van der Waals surface area contributed by atoms with E-state index in [2.05, 4.69) is 161 Å². The van der Waals surface area contributed by atoms with Crippen molar-refractivity contribution in [2.45, 2.75) is 0 Å². The Bertz CT molecular complexity index is 3070. The Balaban J connectivity index is 1.18. The number of rotatable bonds is 3. The number of benzene rings is 7. The molecule has 11 rings (SSSR count). The second-order valence-electron chi connectivity index (χ2n) is 12.4. The summed E-state index contributed by atoms with van der Waals surface area (Å²) in [4.78, 5) is 5.29. The van der Waals surface area contributed by atoms with Gasteiger partial charge in [-0.2, -0.15) is 0 Å². The molecular weight excluding hydrogens is 623 g/mol. The summed E-state index contributed by atoms with van der Waals surface area (Å²) >= 11 is 3.65. The van der Waals surface area contributed by atoms with E-state index in [4.69, 9.17) is 4.98 Å². The number of nitrogens with zero attached hydrogens (tertiary/aromatic N) is 3. The lowest BCUT2D eigenvalue weighted by molar-refractivity contribution is 1.15. The second kappa shape index (κ2) is 9.88. The van der Waals surface area contributed by atoms with E-state index in [9.17, 15) is 0 Å². The first kappa shape index (κ1) is 26.3. The second-order valence-corrected chi connectivity index (χ2v) is 14.4. The number of thiazole rings is 1. The summed E-state index contributed by atoms with van der Waals surface area (Å²) in [5.74, 6) is 0. The average Bonchev–Trinajstić information content (AvgIpc) is 3.90. The van der Waals surface area contributed by atoms with Crippen molar-refractivity contribution in [1.82, 2.24) is 14.1 Å². The van der Waals surface area contributed by atoms with Crippen molar-refractivity contribution in [2.24, 2.45) is 0 Å². The summed E-state index contributed by atoms with van der Waals surface area (Å²) in [7, 11) is 0. The molecule has 0 atom stereocenters. The van der Waals surface area contributed by atoms with Crippen LogP contribution in [-0.2, 0) is 0 Å². The van der Waals surface area contributed by atoms with Crippen LogP contribution in [0.4, 0.5) is 0 Å². The van der Waals surface area contributed by atoms with Gasteiger partial charge in [0.1, 0.15) is 0 Å². The fraction of sp³-hybridized carbons (Fsp3) is 0. The fourth-order valence-electron chi connectivity index (χ4n) is 7.74. The van der Waals surface area contributed by atoms with Crippen LogP contribution >= 0.6 is 22.7 Å². The predicted octanol–water partition coefficient (Wildman–Crippen LogP) is 12.5. The lowest BCUT2D eigenvalue weighted by atomic mass is 9.98. The van der Waals surface area contributed by atoms with Gasteiger partial charge >= 0.3 is 0 Å². The van der Waals surface area contributed by atoms with E-state index in [-0.39, 0.29) is 0 Å². The summed E-state index contributed by atoms with van der Waals surface area (Å²) < 4.78 is 8.65. The molecule has 0 aliphatic carbocycles. The highest BCUT2D eigenvalue weighted by Gasteiger charge is 2.21. The summed E-state index contributed by atoms with van der Waals surface area (Å²) in [6.07, 6.45) is 0. The molecule has 0 bridgehead atoms. The van der Waals surface area contributed by atoms with Gasteiger partial charge < -0.3 is 4.57 Å². The normalized spacial score (nSPS) is 12.2. The molecule has 0 saturated carbocycles. The molecule has 224 valence electrons. The lowest BCUT2D eigenvalue weighted by Crippen LogP contribution is -1.93. The van der Waals surface area contributed by atoms with E-state index in [1.165, 1.54) is 85.3 Å². The van der Waals surface area contributed by atoms with Crippen molar-refractivity contribution in [2.75, 3.05) is 0 Å². The minimum Gasteiger partial charge on any atom is -0.309 e. The number of aromatic nitrogens is 3. The first-order chi connectivity index (χ1) is 23.8. The molecular formula is C43H25N3S2. The fourth-order valence-corrected chi connectivity index (χ4v) is 10.1. The first-order valence-electron chi connectivity index (χ1n) is 16.1. The molecule has 5 heteroatoms. The number of fused-ring (bicyclic) bond motifs is 11. The van der Waals surface area contributed by atoms with Crippen molar-refractivity contribution < 1.29 is 0 Å². The Morgan fingerprint density at radius 2 is 1.15 bits per heavy atom. The lowest BCUT2D eigenvalue weighted by Gasteiger charge is -2.10. The molecule has 48 heavy (non-hydrogen) atoms. The summed E-state index contributed by atoms with van der Waals surface area (Å²) in [6.45, 7) is 0. The highest BCUT2D eigenvalue weighted by molar-refractivity contribution is 7.28. The van der Waals surface area contributed by atoms with Crippen LogP contribution in [0.3, 0.4) is 0 Å². The Hall–Kier alpha value is -5.75. The van der Waals surface area contributed by atoms with Gasteiger partial charge in [0.25, 0.3) is 0 Å². The SMILES string of the molecule is c1ccc(-n2c3ccccc3c3ccc(-c4cccc5c4c4ccccc4n5-c4nc5ccc6sc7ccccc7c6c5s4)cc32)cc1. The van der Waals surface area contributed by atoms with Crippen LogP contribution in [0.1, 0.15) is 0 Å². The summed E-state index contributed by atoms with van der Waals surface area (Å²) in [6, 6.07) is 55.0. The third-order valence-electron chi connectivity index (χ3n) is 9.77. The Labute approximate surface area is 283 Å². The Morgan fingerprint density at radius 1 is 0.438 bits per heavy atom. The van der Waals surface area contributed by atoms with Gasteiger partial charge in [-0.3, -0.25) is 4.57 Å². The number of hydrogen-bond acceptors (Lipinski definition) is 3. The van der Waals surface area contributed by atoms with Crippen LogP contribution in [-0.4, -0.2) is 14.1 Å². The number of thiophene rings is 1. The standard InChI is InChI=1S/C43H25N3S2/c1-2-11-27(12-3-1)45-34-17-7-4-13-29(34)30-22-21-26(25-37(30)45)28-16-10-19-36-40(28)31-14-5-8-18-35(31)46(36)43-44-33-23-24-39-41(42(33)48-43)32-15-6-9-20-38(32)47-39/h1-25H. The molecule has 0 amide bonds. The average molecular weight is 648 g/mol. The van der Waals surface area contributed by atoms with Crippen molar-refractivity contribution in [3.05, 3.63) is 152 Å². The first-order valence-corrected chi connectivity index (χ1v) is 17.8. The molecule has 0 spiro atoms. The van der Waals surface area contributed by atoms with Gasteiger partial charge in [0.05, 0.1) is 32.3 Å². The van der Waals surface area contributed by atoms with Crippen LogP contribution in [0.15, 0.2) is 152 Å². The molecule has 4 heterocycles. The molecule has 0 N–H and O–H groups in total. The third-order valence-corrected chi connectivity index (χ3v) is 12.0. The maximum Gasteiger partial charge on any atom is 0.195 e. The molecule has 0 unspecified atom stereocenters. The van der Waals surface area contributed by atoms with Gasteiger partial charge in [0.2, 0.25) is 0 Å². The van der Waals surface area contributed by atoms with Crippen molar-refractivity contribution >= 4 is 96.7 Å². The van der Waals surface area contributed by atoms with Gasteiger partial charge in [-0.05, 0) is 65.7 Å². The molecule has 11 aromatic rings.